The first-order valence-corrected chi connectivity index (χ1v) is 8.48. The van der Waals surface area contributed by atoms with Crippen molar-refractivity contribution in [3.63, 3.8) is 0 Å². The first-order chi connectivity index (χ1) is 10.5. The molecule has 0 spiro atoms. The second-order valence-corrected chi connectivity index (χ2v) is 6.93. The summed E-state index contributed by atoms with van der Waals surface area (Å²) in [7, 11) is -3.54. The Kier molecular flexibility index (Phi) is 4.04. The van der Waals surface area contributed by atoms with Crippen molar-refractivity contribution in [3.8, 4) is 11.5 Å². The molecule has 0 saturated heterocycles. The number of sulfonamides is 1. The second kappa shape index (κ2) is 5.98. The van der Waals surface area contributed by atoms with Gasteiger partial charge in [0.1, 0.15) is 12.7 Å². The SMILES string of the molecule is Cc1ccc(S(=O)(=O)NCC2COc3ccccc3O2)cc1. The summed E-state index contributed by atoms with van der Waals surface area (Å²) in [5.41, 5.74) is 1.01. The summed E-state index contributed by atoms with van der Waals surface area (Å²) in [5, 5.41) is 0. The summed E-state index contributed by atoms with van der Waals surface area (Å²) in [6, 6.07) is 14.0. The first kappa shape index (κ1) is 14.9. The Morgan fingerprint density at radius 3 is 2.50 bits per heavy atom. The minimum absolute atomic E-state index is 0.157. The van der Waals surface area contributed by atoms with E-state index >= 15 is 0 Å². The highest BCUT2D eigenvalue weighted by Gasteiger charge is 2.23. The van der Waals surface area contributed by atoms with Crippen LogP contribution in [0.3, 0.4) is 0 Å². The van der Waals surface area contributed by atoms with Crippen molar-refractivity contribution in [1.29, 1.82) is 0 Å². The lowest BCUT2D eigenvalue weighted by atomic mass is 10.2. The molecule has 0 bridgehead atoms. The molecule has 1 aliphatic heterocycles. The molecular weight excluding hydrogens is 302 g/mol. The number of hydrogen-bond acceptors (Lipinski definition) is 4. The highest BCUT2D eigenvalue weighted by atomic mass is 32.2. The number of rotatable bonds is 4. The van der Waals surface area contributed by atoms with Crippen molar-refractivity contribution in [2.45, 2.75) is 17.9 Å². The van der Waals surface area contributed by atoms with Crippen LogP contribution in [0.1, 0.15) is 5.56 Å². The van der Waals surface area contributed by atoms with Crippen molar-refractivity contribution >= 4 is 10.0 Å². The van der Waals surface area contributed by atoms with Gasteiger partial charge in [-0.3, -0.25) is 0 Å². The molecule has 2 aromatic rings. The molecule has 0 saturated carbocycles. The Bertz CT molecular complexity index is 756. The third-order valence-corrected chi connectivity index (χ3v) is 4.84. The molecular formula is C16H17NO4S. The quantitative estimate of drug-likeness (QED) is 0.937. The fraction of sp³-hybridized carbons (Fsp3) is 0.250. The number of para-hydroxylation sites is 2. The molecule has 6 heteroatoms. The Balaban J connectivity index is 1.64. The number of benzene rings is 2. The molecule has 1 aliphatic rings. The van der Waals surface area contributed by atoms with Crippen LogP contribution in [0.25, 0.3) is 0 Å². The molecule has 116 valence electrons. The lowest BCUT2D eigenvalue weighted by Crippen LogP contribution is -2.40. The van der Waals surface area contributed by atoms with E-state index in [1.165, 1.54) is 0 Å². The van der Waals surface area contributed by atoms with Crippen LogP contribution in [0.4, 0.5) is 0 Å². The van der Waals surface area contributed by atoms with Gasteiger partial charge >= 0.3 is 0 Å². The van der Waals surface area contributed by atoms with Gasteiger partial charge in [-0.05, 0) is 31.2 Å². The molecule has 1 N–H and O–H groups in total. The molecule has 0 aliphatic carbocycles. The van der Waals surface area contributed by atoms with E-state index < -0.39 is 10.0 Å². The monoisotopic (exact) mass is 319 g/mol. The van der Waals surface area contributed by atoms with Crippen LogP contribution in [0, 0.1) is 6.92 Å². The molecule has 3 rings (SSSR count). The fourth-order valence-electron chi connectivity index (χ4n) is 2.17. The molecule has 22 heavy (non-hydrogen) atoms. The molecule has 1 heterocycles. The molecule has 0 radical (unpaired) electrons. The third-order valence-electron chi connectivity index (χ3n) is 3.40. The minimum Gasteiger partial charge on any atom is -0.486 e. The van der Waals surface area contributed by atoms with Crippen molar-refractivity contribution in [2.75, 3.05) is 13.2 Å². The molecule has 0 aromatic heterocycles. The Hall–Kier alpha value is -2.05. The van der Waals surface area contributed by atoms with Gasteiger partial charge in [-0.15, -0.1) is 0 Å². The highest BCUT2D eigenvalue weighted by Crippen LogP contribution is 2.30. The van der Waals surface area contributed by atoms with Gasteiger partial charge in [0.25, 0.3) is 0 Å². The van der Waals surface area contributed by atoms with Gasteiger partial charge in [0, 0.05) is 0 Å². The first-order valence-electron chi connectivity index (χ1n) is 6.99. The predicted octanol–water partition coefficient (Wildman–Crippen LogP) is 2.11. The predicted molar refractivity (Wildman–Crippen MR) is 82.7 cm³/mol. The number of fused-ring (bicyclic) bond motifs is 1. The number of hydrogen-bond donors (Lipinski definition) is 1. The van der Waals surface area contributed by atoms with E-state index in [4.69, 9.17) is 9.47 Å². The summed E-state index contributed by atoms with van der Waals surface area (Å²) >= 11 is 0. The Morgan fingerprint density at radius 1 is 1.09 bits per heavy atom. The molecule has 2 aromatic carbocycles. The van der Waals surface area contributed by atoms with Crippen LogP contribution in [0.2, 0.25) is 0 Å². The van der Waals surface area contributed by atoms with Crippen molar-refractivity contribution in [2.24, 2.45) is 0 Å². The van der Waals surface area contributed by atoms with E-state index in [-0.39, 0.29) is 17.5 Å². The van der Waals surface area contributed by atoms with Crippen molar-refractivity contribution in [1.82, 2.24) is 4.72 Å². The average molecular weight is 319 g/mol. The van der Waals surface area contributed by atoms with E-state index in [1.807, 2.05) is 25.1 Å². The van der Waals surface area contributed by atoms with Gasteiger partial charge in [-0.25, -0.2) is 13.1 Å². The van der Waals surface area contributed by atoms with Crippen LogP contribution in [-0.4, -0.2) is 27.7 Å². The van der Waals surface area contributed by atoms with E-state index in [9.17, 15) is 8.42 Å². The smallest absolute Gasteiger partial charge is 0.240 e. The van der Waals surface area contributed by atoms with Crippen LogP contribution >= 0.6 is 0 Å². The zero-order valence-corrected chi connectivity index (χ0v) is 13.0. The molecule has 0 fully saturated rings. The maximum absolute atomic E-state index is 12.2. The zero-order chi connectivity index (χ0) is 15.6. The maximum atomic E-state index is 12.2. The van der Waals surface area contributed by atoms with Gasteiger partial charge in [0.05, 0.1) is 11.4 Å². The molecule has 1 atom stereocenters. The Morgan fingerprint density at radius 2 is 1.77 bits per heavy atom. The van der Waals surface area contributed by atoms with E-state index in [0.717, 1.165) is 5.56 Å². The van der Waals surface area contributed by atoms with Crippen LogP contribution in [0.5, 0.6) is 11.5 Å². The maximum Gasteiger partial charge on any atom is 0.240 e. The van der Waals surface area contributed by atoms with Gasteiger partial charge in [0.2, 0.25) is 10.0 Å². The summed E-state index contributed by atoms with van der Waals surface area (Å²) in [6.45, 7) is 2.38. The fourth-order valence-corrected chi connectivity index (χ4v) is 3.23. The summed E-state index contributed by atoms with van der Waals surface area (Å²) in [6.07, 6.45) is -0.352. The molecule has 1 unspecified atom stereocenters. The largest absolute Gasteiger partial charge is 0.486 e. The molecule has 0 amide bonds. The van der Waals surface area contributed by atoms with Gasteiger partial charge in [0.15, 0.2) is 11.5 Å². The summed E-state index contributed by atoms with van der Waals surface area (Å²) in [4.78, 5) is 0.246. The minimum atomic E-state index is -3.54. The van der Waals surface area contributed by atoms with Gasteiger partial charge < -0.3 is 9.47 Å². The van der Waals surface area contributed by atoms with Gasteiger partial charge in [-0.2, -0.15) is 0 Å². The second-order valence-electron chi connectivity index (χ2n) is 5.16. The third kappa shape index (κ3) is 3.23. The van der Waals surface area contributed by atoms with Crippen molar-refractivity contribution < 1.29 is 17.9 Å². The average Bonchev–Trinajstić information content (AvgIpc) is 2.53. The number of ether oxygens (including phenoxy) is 2. The van der Waals surface area contributed by atoms with E-state index in [0.29, 0.717) is 18.1 Å². The van der Waals surface area contributed by atoms with E-state index in [2.05, 4.69) is 4.72 Å². The zero-order valence-electron chi connectivity index (χ0n) is 12.2. The van der Waals surface area contributed by atoms with Crippen LogP contribution < -0.4 is 14.2 Å². The van der Waals surface area contributed by atoms with Crippen molar-refractivity contribution in [3.05, 3.63) is 54.1 Å². The topological polar surface area (TPSA) is 64.6 Å². The van der Waals surface area contributed by atoms with E-state index in [1.54, 1.807) is 30.3 Å². The highest BCUT2D eigenvalue weighted by molar-refractivity contribution is 7.89. The summed E-state index contributed by atoms with van der Waals surface area (Å²) < 4.78 is 38.3. The number of aryl methyl sites for hydroxylation is 1. The normalized spacial score (nSPS) is 17.2. The summed E-state index contributed by atoms with van der Waals surface area (Å²) in [5.74, 6) is 1.31. The number of nitrogens with one attached hydrogen (secondary N) is 1. The lowest BCUT2D eigenvalue weighted by Gasteiger charge is -2.26. The molecule has 5 nitrogen and oxygen atoms in total. The standard InChI is InChI=1S/C16H17NO4S/c1-12-6-8-14(9-7-12)22(18,19)17-10-13-11-20-15-4-2-3-5-16(15)21-13/h2-9,13,17H,10-11H2,1H3. The van der Waals surface area contributed by atoms with Crippen LogP contribution in [0.15, 0.2) is 53.4 Å². The Labute approximate surface area is 129 Å². The lowest BCUT2D eigenvalue weighted by molar-refractivity contribution is 0.0943. The van der Waals surface area contributed by atoms with Crippen LogP contribution in [-0.2, 0) is 10.0 Å². The van der Waals surface area contributed by atoms with Gasteiger partial charge in [-0.1, -0.05) is 29.8 Å².